The highest BCUT2D eigenvalue weighted by Crippen LogP contribution is 2.21. The first-order valence-electron chi connectivity index (χ1n) is 15.1. The number of ether oxygens (including phenoxy) is 1. The third kappa shape index (κ3) is 13.8. The number of rotatable bonds is 7. The van der Waals surface area contributed by atoms with E-state index in [9.17, 15) is 19.8 Å². The number of phenolic OH excluding ortho intramolecular Hbond substituents is 2. The molecule has 5 aromatic carbocycles. The SMILES string of the molecule is F.N#Cc1ccc(O)c(C(=O)NC(N)=NCc2ccccc2)c1.N#Cc1ccc(O)c(C(=O)Oc2ccccc2)c1.NC(N)=NCc1ccccc1. The van der Waals surface area contributed by atoms with Gasteiger partial charge in [-0.05, 0) is 59.7 Å². The number of hydrogen-bond donors (Lipinski definition) is 6. The van der Waals surface area contributed by atoms with Crippen molar-refractivity contribution in [2.75, 3.05) is 0 Å². The second-order valence-electron chi connectivity index (χ2n) is 10.3. The minimum Gasteiger partial charge on any atom is -0.507 e. The van der Waals surface area contributed by atoms with E-state index in [1.165, 1.54) is 36.4 Å². The molecule has 0 radical (unpaired) electrons. The predicted molar refractivity (Wildman–Crippen MR) is 195 cm³/mol. The number of amides is 1. The second-order valence-corrected chi connectivity index (χ2v) is 10.3. The van der Waals surface area contributed by atoms with Crippen LogP contribution in [0.4, 0.5) is 4.70 Å². The molecule has 0 aliphatic heterocycles. The summed E-state index contributed by atoms with van der Waals surface area (Å²) in [5.41, 5.74) is 18.5. The molecule has 0 unspecified atom stereocenters. The van der Waals surface area contributed by atoms with E-state index in [2.05, 4.69) is 15.3 Å². The molecule has 0 fully saturated rings. The van der Waals surface area contributed by atoms with Gasteiger partial charge in [0.25, 0.3) is 5.91 Å². The number of para-hydroxylation sites is 1. The van der Waals surface area contributed by atoms with E-state index in [0.717, 1.165) is 11.1 Å². The van der Waals surface area contributed by atoms with Gasteiger partial charge in [0, 0.05) is 0 Å². The molecular weight excluding hydrogens is 667 g/mol. The second kappa shape index (κ2) is 21.3. The van der Waals surface area contributed by atoms with Crippen LogP contribution >= 0.6 is 0 Å². The van der Waals surface area contributed by atoms with Gasteiger partial charge in [0.2, 0.25) is 0 Å². The van der Waals surface area contributed by atoms with Gasteiger partial charge in [0.05, 0.1) is 41.9 Å². The van der Waals surface area contributed by atoms with Crippen molar-refractivity contribution in [1.82, 2.24) is 5.32 Å². The first kappa shape index (κ1) is 40.5. The average molecular weight is 703 g/mol. The number of aromatic hydroxyl groups is 2. The highest BCUT2D eigenvalue weighted by atomic mass is 19.0. The predicted octanol–water partition coefficient (Wildman–Crippen LogP) is 4.60. The van der Waals surface area contributed by atoms with Gasteiger partial charge in [0.1, 0.15) is 22.8 Å². The van der Waals surface area contributed by atoms with Gasteiger partial charge in [-0.25, -0.2) is 14.8 Å². The molecule has 1 amide bonds. The normalized spacial score (nSPS) is 9.77. The molecule has 0 saturated heterocycles. The lowest BCUT2D eigenvalue weighted by Crippen LogP contribution is -2.36. The third-order valence-corrected chi connectivity index (χ3v) is 6.47. The van der Waals surface area contributed by atoms with Crippen molar-refractivity contribution in [1.29, 1.82) is 10.5 Å². The third-order valence-electron chi connectivity index (χ3n) is 6.47. The molecule has 0 aliphatic carbocycles. The zero-order valence-electron chi connectivity index (χ0n) is 27.6. The van der Waals surface area contributed by atoms with Crippen LogP contribution in [0.2, 0.25) is 0 Å². The van der Waals surface area contributed by atoms with E-state index in [-0.39, 0.29) is 50.4 Å². The number of phenols is 2. The van der Waals surface area contributed by atoms with Crippen molar-refractivity contribution >= 4 is 23.8 Å². The number of hydrogen-bond acceptors (Lipinski definition) is 9. The van der Waals surface area contributed by atoms with E-state index in [1.807, 2.05) is 72.8 Å². The first-order valence-corrected chi connectivity index (χ1v) is 15.1. The number of nitrogens with two attached hydrogens (primary N) is 3. The fraction of sp³-hybridized carbons (Fsp3) is 0.0526. The molecule has 0 aliphatic rings. The maximum atomic E-state index is 12.0. The lowest BCUT2D eigenvalue weighted by atomic mass is 10.1. The van der Waals surface area contributed by atoms with Crippen LogP contribution in [0.3, 0.4) is 0 Å². The largest absolute Gasteiger partial charge is 0.507 e. The van der Waals surface area contributed by atoms with Gasteiger partial charge in [-0.1, -0.05) is 78.9 Å². The molecule has 0 aromatic heterocycles. The number of nitrogens with zero attached hydrogens (tertiary/aromatic N) is 4. The van der Waals surface area contributed by atoms with Crippen LogP contribution in [0.1, 0.15) is 43.0 Å². The summed E-state index contributed by atoms with van der Waals surface area (Å²) in [6.45, 7) is 0.889. The summed E-state index contributed by atoms with van der Waals surface area (Å²) in [6, 6.07) is 39.6. The van der Waals surface area contributed by atoms with Crippen LogP contribution in [0.15, 0.2) is 137 Å². The number of benzene rings is 5. The van der Waals surface area contributed by atoms with E-state index >= 15 is 0 Å². The summed E-state index contributed by atoms with van der Waals surface area (Å²) in [6.07, 6.45) is 0. The van der Waals surface area contributed by atoms with Crippen molar-refractivity contribution in [2.24, 2.45) is 27.2 Å². The quantitative estimate of drug-likeness (QED) is 0.0595. The molecule has 0 bridgehead atoms. The van der Waals surface area contributed by atoms with Crippen LogP contribution in [0.5, 0.6) is 17.2 Å². The first-order chi connectivity index (χ1) is 24.6. The summed E-state index contributed by atoms with van der Waals surface area (Å²) in [7, 11) is 0. The summed E-state index contributed by atoms with van der Waals surface area (Å²) >= 11 is 0. The number of nitrogens with one attached hydrogen (secondary N) is 1. The van der Waals surface area contributed by atoms with E-state index < -0.39 is 11.9 Å². The molecule has 264 valence electrons. The van der Waals surface area contributed by atoms with Crippen molar-refractivity contribution in [2.45, 2.75) is 13.1 Å². The Labute approximate surface area is 298 Å². The highest BCUT2D eigenvalue weighted by molar-refractivity contribution is 6.06. The van der Waals surface area contributed by atoms with Crippen LogP contribution in [0, 0.1) is 22.7 Å². The fourth-order valence-electron chi connectivity index (χ4n) is 3.96. The zero-order valence-corrected chi connectivity index (χ0v) is 27.6. The molecule has 0 saturated carbocycles. The molecule has 9 N–H and O–H groups in total. The van der Waals surface area contributed by atoms with Crippen molar-refractivity contribution < 1.29 is 29.2 Å². The summed E-state index contributed by atoms with van der Waals surface area (Å²) in [5, 5.41) is 39.2. The molecule has 5 rings (SSSR count). The van der Waals surface area contributed by atoms with Gasteiger partial charge in [0.15, 0.2) is 11.9 Å². The van der Waals surface area contributed by atoms with Crippen LogP contribution in [-0.2, 0) is 13.1 Å². The summed E-state index contributed by atoms with van der Waals surface area (Å²) in [5.74, 6) is -1.31. The van der Waals surface area contributed by atoms with Gasteiger partial charge in [-0.15, -0.1) is 0 Å². The van der Waals surface area contributed by atoms with E-state index in [4.69, 9.17) is 32.5 Å². The number of aliphatic imine (C=N–C) groups is 2. The van der Waals surface area contributed by atoms with Gasteiger partial charge < -0.3 is 32.2 Å². The van der Waals surface area contributed by atoms with Crippen LogP contribution in [0.25, 0.3) is 0 Å². The minimum absolute atomic E-state index is 0. The molecule has 0 heterocycles. The molecule has 0 atom stereocenters. The summed E-state index contributed by atoms with van der Waals surface area (Å²) in [4.78, 5) is 31.7. The number of carbonyl (C=O) groups excluding carboxylic acids is 2. The van der Waals surface area contributed by atoms with Crippen molar-refractivity contribution in [3.05, 3.63) is 161 Å². The molecule has 14 heteroatoms. The average Bonchev–Trinajstić information content (AvgIpc) is 3.15. The number of carbonyl (C=O) groups is 2. The molecular formula is C38H35FN8O5. The zero-order chi connectivity index (χ0) is 37.0. The minimum atomic E-state index is -0.698. The lowest BCUT2D eigenvalue weighted by molar-refractivity contribution is 0.0731. The molecule has 0 spiro atoms. The summed E-state index contributed by atoms with van der Waals surface area (Å²) < 4.78 is 5.07. The number of guanidine groups is 2. The fourth-order valence-corrected chi connectivity index (χ4v) is 3.96. The van der Waals surface area contributed by atoms with Crippen molar-refractivity contribution in [3.8, 4) is 29.4 Å². The number of nitriles is 2. The Kier molecular flexibility index (Phi) is 16.6. The van der Waals surface area contributed by atoms with Gasteiger partial charge >= 0.3 is 5.97 Å². The van der Waals surface area contributed by atoms with Crippen LogP contribution in [-0.4, -0.2) is 34.0 Å². The Bertz CT molecular complexity index is 2060. The Morgan fingerprint density at radius 2 is 1.10 bits per heavy atom. The maximum Gasteiger partial charge on any atom is 0.347 e. The molecule has 52 heavy (non-hydrogen) atoms. The van der Waals surface area contributed by atoms with E-state index in [0.29, 0.717) is 18.8 Å². The van der Waals surface area contributed by atoms with Gasteiger partial charge in [-0.2, -0.15) is 10.5 Å². The molecule has 13 nitrogen and oxygen atoms in total. The van der Waals surface area contributed by atoms with Gasteiger partial charge in [-0.3, -0.25) is 14.8 Å². The Hall–Kier alpha value is -7.71. The standard InChI is InChI=1S/C16H14N4O2.C14H9NO3.C8H11N3.FH/c17-9-12-6-7-14(21)13(8-12)15(22)20-16(18)19-10-11-4-2-1-3-5-11;15-9-10-6-7-13(16)12(8-10)14(17)18-11-4-2-1-3-5-11;9-8(10)11-6-7-4-2-1-3-5-7;/h1-8,21H,10H2,(H3,18,19,20,22);1-8,16H;1-5H,6H2,(H4,9,10,11);1H. The van der Waals surface area contributed by atoms with Crippen molar-refractivity contribution in [3.63, 3.8) is 0 Å². The Balaban J connectivity index is 0.000000282. The topological polar surface area (TPSA) is 246 Å². The van der Waals surface area contributed by atoms with E-state index in [1.54, 1.807) is 30.3 Å². The number of esters is 1. The smallest absolute Gasteiger partial charge is 0.347 e. The number of halogens is 1. The molecule has 5 aromatic rings. The monoisotopic (exact) mass is 702 g/mol. The Morgan fingerprint density at radius 3 is 1.58 bits per heavy atom. The lowest BCUT2D eigenvalue weighted by Gasteiger charge is -2.06. The van der Waals surface area contributed by atoms with Crippen LogP contribution < -0.4 is 27.3 Å². The highest BCUT2D eigenvalue weighted by Gasteiger charge is 2.15. The Morgan fingerprint density at radius 1 is 0.654 bits per heavy atom. The maximum absolute atomic E-state index is 12.0.